The summed E-state index contributed by atoms with van der Waals surface area (Å²) in [6.07, 6.45) is 3.09. The summed E-state index contributed by atoms with van der Waals surface area (Å²) in [7, 11) is -3.74. The first-order valence-electron chi connectivity index (χ1n) is 12.2. The van der Waals surface area contributed by atoms with E-state index < -0.39 is 22.0 Å². The van der Waals surface area contributed by atoms with Gasteiger partial charge < -0.3 is 10.2 Å². The number of amides is 2. The summed E-state index contributed by atoms with van der Waals surface area (Å²) in [5.74, 6) is -0.661. The van der Waals surface area contributed by atoms with Gasteiger partial charge in [0.15, 0.2) is 0 Å². The Kier molecular flexibility index (Phi) is 10.3. The first kappa shape index (κ1) is 28.4. The number of rotatable bonds is 12. The smallest absolute Gasteiger partial charge is 0.244 e. The number of sulfonamides is 1. The van der Waals surface area contributed by atoms with E-state index in [9.17, 15) is 18.0 Å². The average molecular weight is 502 g/mol. The van der Waals surface area contributed by atoms with Crippen LogP contribution in [0.5, 0.6) is 0 Å². The molecule has 35 heavy (non-hydrogen) atoms. The summed E-state index contributed by atoms with van der Waals surface area (Å²) >= 11 is 0. The van der Waals surface area contributed by atoms with E-state index in [2.05, 4.69) is 5.32 Å². The van der Waals surface area contributed by atoms with Crippen LogP contribution in [0.15, 0.2) is 48.5 Å². The summed E-state index contributed by atoms with van der Waals surface area (Å²) in [6, 6.07) is 14.1. The molecule has 0 fully saturated rings. The second kappa shape index (κ2) is 12.7. The van der Waals surface area contributed by atoms with Crippen LogP contribution in [0, 0.1) is 6.92 Å². The lowest BCUT2D eigenvalue weighted by molar-refractivity contribution is -0.140. The van der Waals surface area contributed by atoms with Crippen LogP contribution in [-0.2, 0) is 32.6 Å². The Morgan fingerprint density at radius 3 is 2.11 bits per heavy atom. The Balaban J connectivity index is 2.44. The summed E-state index contributed by atoms with van der Waals surface area (Å²) in [6.45, 7) is 9.56. The molecule has 2 rings (SSSR count). The first-order valence-corrected chi connectivity index (χ1v) is 14.1. The highest BCUT2D eigenvalue weighted by Crippen LogP contribution is 2.21. The quantitative estimate of drug-likeness (QED) is 0.475. The van der Waals surface area contributed by atoms with E-state index in [1.54, 1.807) is 12.1 Å². The van der Waals surface area contributed by atoms with E-state index in [1.807, 2.05) is 71.0 Å². The van der Waals surface area contributed by atoms with Gasteiger partial charge in [0.25, 0.3) is 0 Å². The maximum atomic E-state index is 13.7. The van der Waals surface area contributed by atoms with Crippen LogP contribution in [0.3, 0.4) is 0 Å². The zero-order valence-corrected chi connectivity index (χ0v) is 22.6. The van der Waals surface area contributed by atoms with Gasteiger partial charge in [-0.05, 0) is 61.9 Å². The highest BCUT2D eigenvalue weighted by Gasteiger charge is 2.32. The molecule has 2 aromatic carbocycles. The molecular weight excluding hydrogens is 462 g/mol. The summed E-state index contributed by atoms with van der Waals surface area (Å²) in [4.78, 5) is 28.4. The molecule has 0 saturated heterocycles. The lowest BCUT2D eigenvalue weighted by Gasteiger charge is -2.33. The SMILES string of the molecule is CCc1ccc(N(CC(=O)N(Cc2ccccc2C)C(CC)C(=O)NC(C)CC)S(C)(=O)=O)cc1. The molecule has 0 heterocycles. The van der Waals surface area contributed by atoms with Crippen LogP contribution in [0.4, 0.5) is 5.69 Å². The number of hydrogen-bond donors (Lipinski definition) is 1. The number of anilines is 1. The molecule has 2 aromatic rings. The third kappa shape index (κ3) is 7.82. The third-order valence-electron chi connectivity index (χ3n) is 6.30. The minimum absolute atomic E-state index is 0.0310. The van der Waals surface area contributed by atoms with E-state index in [0.29, 0.717) is 12.1 Å². The average Bonchev–Trinajstić information content (AvgIpc) is 2.82. The van der Waals surface area contributed by atoms with E-state index in [1.165, 1.54) is 4.90 Å². The molecular formula is C27H39N3O4S. The topological polar surface area (TPSA) is 86.8 Å². The van der Waals surface area contributed by atoms with Crippen LogP contribution < -0.4 is 9.62 Å². The van der Waals surface area contributed by atoms with Gasteiger partial charge in [0.05, 0.1) is 11.9 Å². The summed E-state index contributed by atoms with van der Waals surface area (Å²) < 4.78 is 26.5. The van der Waals surface area contributed by atoms with Gasteiger partial charge in [0.2, 0.25) is 21.8 Å². The van der Waals surface area contributed by atoms with Crippen LogP contribution >= 0.6 is 0 Å². The second-order valence-corrected chi connectivity index (χ2v) is 10.9. The van der Waals surface area contributed by atoms with Crippen molar-refractivity contribution in [1.29, 1.82) is 0 Å². The molecule has 8 heteroatoms. The van der Waals surface area contributed by atoms with E-state index in [-0.39, 0.29) is 25.0 Å². The lowest BCUT2D eigenvalue weighted by Crippen LogP contribution is -2.53. The largest absolute Gasteiger partial charge is 0.352 e. The number of carbonyl (C=O) groups is 2. The van der Waals surface area contributed by atoms with Crippen LogP contribution in [0.1, 0.15) is 57.2 Å². The normalized spacial score (nSPS) is 13.1. The van der Waals surface area contributed by atoms with Gasteiger partial charge in [0, 0.05) is 12.6 Å². The van der Waals surface area contributed by atoms with Gasteiger partial charge in [-0.2, -0.15) is 0 Å². The number of carbonyl (C=O) groups excluding carboxylic acids is 2. The van der Waals surface area contributed by atoms with Gasteiger partial charge >= 0.3 is 0 Å². The molecule has 0 spiro atoms. The van der Waals surface area contributed by atoms with Crippen LogP contribution in [0.2, 0.25) is 0 Å². The Morgan fingerprint density at radius 1 is 0.971 bits per heavy atom. The molecule has 0 bridgehead atoms. The molecule has 0 aliphatic heterocycles. The fourth-order valence-corrected chi connectivity index (χ4v) is 4.69. The van der Waals surface area contributed by atoms with E-state index in [4.69, 9.17) is 0 Å². The number of nitrogens with one attached hydrogen (secondary N) is 1. The zero-order chi connectivity index (χ0) is 26.2. The fourth-order valence-electron chi connectivity index (χ4n) is 3.84. The Bertz CT molecular complexity index is 1100. The van der Waals surface area contributed by atoms with Crippen molar-refractivity contribution in [2.24, 2.45) is 0 Å². The van der Waals surface area contributed by atoms with Crippen molar-refractivity contribution in [3.63, 3.8) is 0 Å². The molecule has 2 atom stereocenters. The Labute approximate surface area is 210 Å². The first-order chi connectivity index (χ1) is 16.5. The van der Waals surface area contributed by atoms with Gasteiger partial charge in [-0.3, -0.25) is 13.9 Å². The van der Waals surface area contributed by atoms with Crippen molar-refractivity contribution >= 4 is 27.5 Å². The monoisotopic (exact) mass is 501 g/mol. The van der Waals surface area contributed by atoms with Gasteiger partial charge in [-0.25, -0.2) is 8.42 Å². The van der Waals surface area contributed by atoms with Crippen molar-refractivity contribution < 1.29 is 18.0 Å². The lowest BCUT2D eigenvalue weighted by atomic mass is 10.1. The van der Waals surface area contributed by atoms with Crippen molar-refractivity contribution in [2.75, 3.05) is 17.1 Å². The van der Waals surface area contributed by atoms with Crippen molar-refractivity contribution in [3.8, 4) is 0 Å². The second-order valence-electron chi connectivity index (χ2n) is 8.98. The molecule has 2 amide bonds. The molecule has 2 unspecified atom stereocenters. The van der Waals surface area contributed by atoms with Crippen molar-refractivity contribution in [1.82, 2.24) is 10.2 Å². The number of benzene rings is 2. The minimum Gasteiger partial charge on any atom is -0.352 e. The zero-order valence-electron chi connectivity index (χ0n) is 21.7. The summed E-state index contributed by atoms with van der Waals surface area (Å²) in [5, 5.41) is 2.98. The minimum atomic E-state index is -3.74. The Morgan fingerprint density at radius 2 is 1.60 bits per heavy atom. The highest BCUT2D eigenvalue weighted by atomic mass is 32.2. The van der Waals surface area contributed by atoms with Gasteiger partial charge in [-0.15, -0.1) is 0 Å². The molecule has 0 aliphatic rings. The molecule has 0 aromatic heterocycles. The van der Waals surface area contributed by atoms with Crippen molar-refractivity contribution in [3.05, 3.63) is 65.2 Å². The number of hydrogen-bond acceptors (Lipinski definition) is 4. The summed E-state index contributed by atoms with van der Waals surface area (Å²) in [5.41, 5.74) is 3.40. The van der Waals surface area contributed by atoms with Gasteiger partial charge in [-0.1, -0.05) is 57.2 Å². The predicted molar refractivity (Wildman–Crippen MR) is 142 cm³/mol. The maximum absolute atomic E-state index is 13.7. The molecule has 192 valence electrons. The van der Waals surface area contributed by atoms with Gasteiger partial charge in [0.1, 0.15) is 12.6 Å². The molecule has 7 nitrogen and oxygen atoms in total. The maximum Gasteiger partial charge on any atom is 0.244 e. The predicted octanol–water partition coefficient (Wildman–Crippen LogP) is 4.05. The van der Waals surface area contributed by atoms with Crippen LogP contribution in [0.25, 0.3) is 0 Å². The standard InChI is InChI=1S/C27H39N3O4S/c1-7-21(5)28-27(32)25(9-3)29(18-23-13-11-10-12-20(23)4)26(31)19-30(35(6,33)34)24-16-14-22(8-2)15-17-24/h10-17,21,25H,7-9,18-19H2,1-6H3,(H,28,32). The Hall–Kier alpha value is -2.87. The van der Waals surface area contributed by atoms with E-state index in [0.717, 1.165) is 40.1 Å². The fraction of sp³-hybridized carbons (Fsp3) is 0.481. The van der Waals surface area contributed by atoms with E-state index >= 15 is 0 Å². The highest BCUT2D eigenvalue weighted by molar-refractivity contribution is 7.92. The molecule has 0 saturated carbocycles. The van der Waals surface area contributed by atoms with Crippen molar-refractivity contribution in [2.45, 2.75) is 72.5 Å². The van der Waals surface area contributed by atoms with Crippen LogP contribution in [-0.4, -0.2) is 50.0 Å². The molecule has 1 N–H and O–H groups in total. The number of aryl methyl sites for hydroxylation is 2. The molecule has 0 radical (unpaired) electrons. The number of nitrogens with zero attached hydrogens (tertiary/aromatic N) is 2. The third-order valence-corrected chi connectivity index (χ3v) is 7.44. The molecule has 0 aliphatic carbocycles.